The Morgan fingerprint density at radius 2 is 1.58 bits per heavy atom. The Hall–Kier alpha value is -4.13. The summed E-state index contributed by atoms with van der Waals surface area (Å²) in [6.07, 6.45) is -1.11. The number of hydrogen-bond donors (Lipinski definition) is 2. The zero-order valence-corrected chi connectivity index (χ0v) is 20.5. The summed E-state index contributed by atoms with van der Waals surface area (Å²) in [7, 11) is 0. The molecule has 3 aromatic rings. The maximum atomic E-state index is 13.3. The van der Waals surface area contributed by atoms with Gasteiger partial charge in [0.25, 0.3) is 0 Å². The molecule has 0 spiro atoms. The lowest BCUT2D eigenvalue weighted by Crippen LogP contribution is -2.47. The van der Waals surface area contributed by atoms with Crippen LogP contribution in [0.3, 0.4) is 0 Å². The third-order valence-corrected chi connectivity index (χ3v) is 5.94. The van der Waals surface area contributed by atoms with E-state index >= 15 is 0 Å². The van der Waals surface area contributed by atoms with Gasteiger partial charge in [-0.2, -0.15) is 0 Å². The Morgan fingerprint density at radius 3 is 2.25 bits per heavy atom. The normalized spacial score (nSPS) is 17.1. The minimum absolute atomic E-state index is 0.154. The first-order valence-corrected chi connectivity index (χ1v) is 12.1. The van der Waals surface area contributed by atoms with Gasteiger partial charge in [-0.15, -0.1) is 0 Å². The summed E-state index contributed by atoms with van der Waals surface area (Å²) in [5.74, 6) is -0.163. The van der Waals surface area contributed by atoms with E-state index in [0.29, 0.717) is 17.8 Å². The number of nitrogens with zero attached hydrogens (tertiary/aromatic N) is 1. The van der Waals surface area contributed by atoms with Crippen LogP contribution in [-0.4, -0.2) is 35.4 Å². The second-order valence-corrected chi connectivity index (χ2v) is 9.34. The van der Waals surface area contributed by atoms with Crippen molar-refractivity contribution >= 4 is 23.6 Å². The van der Waals surface area contributed by atoms with Crippen molar-refractivity contribution in [3.8, 4) is 0 Å². The lowest BCUT2D eigenvalue weighted by molar-refractivity contribution is -0.126. The third-order valence-electron chi connectivity index (χ3n) is 5.94. The standard InChI is InChI=1S/C29H31N3O4/c1-20(2)18-30-28(34)26-27(36-29(35)32(26)19-22-12-7-4-8-13-22)23-14-9-15-24(17-23)31-25(33)16-21-10-5-3-6-11-21/h3-15,17,20,26-27H,16,18-19H2,1-2H3,(H,30,34)(H,31,33). The van der Waals surface area contributed by atoms with E-state index in [-0.39, 0.29) is 30.7 Å². The van der Waals surface area contributed by atoms with Crippen LogP contribution in [0.15, 0.2) is 84.9 Å². The molecule has 36 heavy (non-hydrogen) atoms. The smallest absolute Gasteiger partial charge is 0.411 e. The maximum absolute atomic E-state index is 13.3. The van der Waals surface area contributed by atoms with E-state index < -0.39 is 18.2 Å². The molecule has 4 rings (SSSR count). The fourth-order valence-corrected chi connectivity index (χ4v) is 4.18. The first-order chi connectivity index (χ1) is 17.4. The number of benzene rings is 3. The van der Waals surface area contributed by atoms with E-state index in [0.717, 1.165) is 11.1 Å². The molecule has 0 radical (unpaired) electrons. The molecule has 1 fully saturated rings. The van der Waals surface area contributed by atoms with E-state index in [2.05, 4.69) is 10.6 Å². The molecule has 3 aromatic carbocycles. The van der Waals surface area contributed by atoms with Gasteiger partial charge in [0, 0.05) is 12.2 Å². The van der Waals surface area contributed by atoms with Gasteiger partial charge in [-0.3, -0.25) is 14.5 Å². The van der Waals surface area contributed by atoms with Crippen molar-refractivity contribution < 1.29 is 19.1 Å². The summed E-state index contributed by atoms with van der Waals surface area (Å²) < 4.78 is 5.74. The summed E-state index contributed by atoms with van der Waals surface area (Å²) >= 11 is 0. The fourth-order valence-electron chi connectivity index (χ4n) is 4.18. The molecule has 1 aliphatic rings. The Morgan fingerprint density at radius 1 is 0.917 bits per heavy atom. The van der Waals surface area contributed by atoms with Gasteiger partial charge < -0.3 is 15.4 Å². The van der Waals surface area contributed by atoms with Crippen molar-refractivity contribution in [3.05, 3.63) is 102 Å². The number of anilines is 1. The Bertz CT molecular complexity index is 1200. The van der Waals surface area contributed by atoms with Gasteiger partial charge in [-0.05, 0) is 34.7 Å². The quantitative estimate of drug-likeness (QED) is 0.460. The number of rotatable bonds is 9. The lowest BCUT2D eigenvalue weighted by atomic mass is 9.99. The second-order valence-electron chi connectivity index (χ2n) is 9.34. The highest BCUT2D eigenvalue weighted by molar-refractivity contribution is 5.92. The highest BCUT2D eigenvalue weighted by atomic mass is 16.6. The predicted octanol–water partition coefficient (Wildman–Crippen LogP) is 4.70. The van der Waals surface area contributed by atoms with Crippen LogP contribution in [0.4, 0.5) is 10.5 Å². The molecule has 1 saturated heterocycles. The van der Waals surface area contributed by atoms with Gasteiger partial charge in [0.15, 0.2) is 12.1 Å². The molecule has 7 nitrogen and oxygen atoms in total. The number of hydrogen-bond acceptors (Lipinski definition) is 4. The molecule has 3 amide bonds. The number of carbonyl (C=O) groups excluding carboxylic acids is 3. The fraction of sp³-hybridized carbons (Fsp3) is 0.276. The summed E-state index contributed by atoms with van der Waals surface area (Å²) in [4.78, 5) is 40.3. The molecule has 0 bridgehead atoms. The SMILES string of the molecule is CC(C)CNC(=O)C1C(c2cccc(NC(=O)Cc3ccccc3)c2)OC(=O)N1Cc1ccccc1. The number of nitrogens with one attached hydrogen (secondary N) is 2. The lowest BCUT2D eigenvalue weighted by Gasteiger charge is -2.25. The van der Waals surface area contributed by atoms with E-state index in [1.54, 1.807) is 24.3 Å². The van der Waals surface area contributed by atoms with E-state index in [1.807, 2.05) is 74.5 Å². The van der Waals surface area contributed by atoms with Crippen molar-refractivity contribution in [3.63, 3.8) is 0 Å². The van der Waals surface area contributed by atoms with Crippen LogP contribution >= 0.6 is 0 Å². The molecule has 7 heteroatoms. The van der Waals surface area contributed by atoms with Gasteiger partial charge >= 0.3 is 6.09 Å². The van der Waals surface area contributed by atoms with Gasteiger partial charge in [-0.1, -0.05) is 86.6 Å². The Labute approximate surface area is 211 Å². The van der Waals surface area contributed by atoms with Crippen molar-refractivity contribution in [1.82, 2.24) is 10.2 Å². The van der Waals surface area contributed by atoms with E-state index in [4.69, 9.17) is 4.74 Å². The van der Waals surface area contributed by atoms with Crippen molar-refractivity contribution in [2.24, 2.45) is 5.92 Å². The summed E-state index contributed by atoms with van der Waals surface area (Å²) in [5, 5.41) is 5.86. The van der Waals surface area contributed by atoms with E-state index in [1.165, 1.54) is 4.90 Å². The monoisotopic (exact) mass is 485 g/mol. The summed E-state index contributed by atoms with van der Waals surface area (Å²) in [5.41, 5.74) is 3.03. The van der Waals surface area contributed by atoms with Crippen molar-refractivity contribution in [1.29, 1.82) is 0 Å². The molecule has 0 aromatic heterocycles. The minimum Gasteiger partial charge on any atom is -0.438 e. The average molecular weight is 486 g/mol. The van der Waals surface area contributed by atoms with Crippen molar-refractivity contribution in [2.45, 2.75) is 39.0 Å². The van der Waals surface area contributed by atoms with Gasteiger partial charge in [-0.25, -0.2) is 4.79 Å². The molecular formula is C29H31N3O4. The van der Waals surface area contributed by atoms with Crippen LogP contribution in [0, 0.1) is 5.92 Å². The number of amides is 3. The number of cyclic esters (lactones) is 1. The van der Waals surface area contributed by atoms with Crippen molar-refractivity contribution in [2.75, 3.05) is 11.9 Å². The molecule has 1 heterocycles. The van der Waals surface area contributed by atoms with Gasteiger partial charge in [0.2, 0.25) is 11.8 Å². The number of carbonyl (C=O) groups is 3. The first-order valence-electron chi connectivity index (χ1n) is 12.1. The molecule has 1 aliphatic heterocycles. The largest absolute Gasteiger partial charge is 0.438 e. The molecule has 2 N–H and O–H groups in total. The molecular weight excluding hydrogens is 454 g/mol. The van der Waals surface area contributed by atoms with Crippen LogP contribution in [0.25, 0.3) is 0 Å². The molecule has 2 unspecified atom stereocenters. The Balaban J connectivity index is 1.55. The molecule has 186 valence electrons. The average Bonchev–Trinajstić information content (AvgIpc) is 3.19. The van der Waals surface area contributed by atoms with Gasteiger partial charge in [0.05, 0.1) is 13.0 Å². The highest BCUT2D eigenvalue weighted by Gasteiger charge is 2.47. The number of ether oxygens (including phenoxy) is 1. The zero-order chi connectivity index (χ0) is 25.5. The zero-order valence-electron chi connectivity index (χ0n) is 20.5. The minimum atomic E-state index is -0.841. The Kier molecular flexibility index (Phi) is 8.00. The summed E-state index contributed by atoms with van der Waals surface area (Å²) in [6, 6.07) is 25.3. The molecule has 2 atom stereocenters. The topological polar surface area (TPSA) is 87.7 Å². The first kappa shape index (κ1) is 25.0. The summed E-state index contributed by atoms with van der Waals surface area (Å²) in [6.45, 7) is 4.77. The second kappa shape index (κ2) is 11.5. The van der Waals surface area contributed by atoms with Crippen LogP contribution in [0.5, 0.6) is 0 Å². The molecule has 0 saturated carbocycles. The van der Waals surface area contributed by atoms with Crippen LogP contribution in [-0.2, 0) is 27.3 Å². The maximum Gasteiger partial charge on any atom is 0.411 e. The highest BCUT2D eigenvalue weighted by Crippen LogP contribution is 2.35. The van der Waals surface area contributed by atoms with Crippen LogP contribution in [0.2, 0.25) is 0 Å². The van der Waals surface area contributed by atoms with E-state index in [9.17, 15) is 14.4 Å². The van der Waals surface area contributed by atoms with Crippen LogP contribution in [0.1, 0.15) is 36.6 Å². The van der Waals surface area contributed by atoms with Crippen LogP contribution < -0.4 is 10.6 Å². The predicted molar refractivity (Wildman–Crippen MR) is 138 cm³/mol. The third kappa shape index (κ3) is 6.30. The van der Waals surface area contributed by atoms with Gasteiger partial charge in [0.1, 0.15) is 0 Å². The molecule has 0 aliphatic carbocycles.